The molecule has 0 saturated heterocycles. The van der Waals surface area contributed by atoms with Crippen molar-refractivity contribution in [1.82, 2.24) is 0 Å². The second kappa shape index (κ2) is 7.70. The number of benzene rings is 2. The molecule has 0 spiro atoms. The van der Waals surface area contributed by atoms with Gasteiger partial charge in [-0.1, -0.05) is 78.0 Å². The molecule has 156 valence electrons. The maximum atomic E-state index is 11.6. The van der Waals surface area contributed by atoms with Gasteiger partial charge in [0.25, 0.3) is 0 Å². The number of aryl methyl sites for hydroxylation is 2. The van der Waals surface area contributed by atoms with Gasteiger partial charge in [0.05, 0.1) is 5.57 Å². The van der Waals surface area contributed by atoms with Crippen molar-refractivity contribution in [2.75, 3.05) is 0 Å². The van der Waals surface area contributed by atoms with Crippen LogP contribution in [-0.2, 0) is 22.0 Å². The van der Waals surface area contributed by atoms with E-state index in [0.717, 1.165) is 33.4 Å². The number of carboxylic acids is 1. The summed E-state index contributed by atoms with van der Waals surface area (Å²) < 4.78 is 0. The standard InChI is InChI=1S/C26H34O3/c1-15-10-19(23(27)22(11-15)26(7,8)9)13-18-14-20(17(3)24(28)29)21(12-16(18)2)25(4,5)6/h10-12,14,27H,3,13H2,1-2,4-9H3,(H,28,29). The van der Waals surface area contributed by atoms with Crippen molar-refractivity contribution in [3.05, 3.63) is 69.8 Å². The number of hydrogen-bond donors (Lipinski definition) is 2. The number of carbonyl (C=O) groups is 1. The maximum absolute atomic E-state index is 11.6. The molecule has 0 aliphatic rings. The van der Waals surface area contributed by atoms with E-state index >= 15 is 0 Å². The van der Waals surface area contributed by atoms with Gasteiger partial charge >= 0.3 is 5.97 Å². The smallest absolute Gasteiger partial charge is 0.335 e. The summed E-state index contributed by atoms with van der Waals surface area (Å²) >= 11 is 0. The molecule has 3 nitrogen and oxygen atoms in total. The van der Waals surface area contributed by atoms with Crippen LogP contribution in [0.1, 0.15) is 80.5 Å². The van der Waals surface area contributed by atoms with Gasteiger partial charge in [0, 0.05) is 6.42 Å². The Hall–Kier alpha value is -2.55. The molecule has 0 bridgehead atoms. The monoisotopic (exact) mass is 394 g/mol. The Morgan fingerprint density at radius 2 is 1.45 bits per heavy atom. The third kappa shape index (κ3) is 4.90. The minimum atomic E-state index is -1.02. The molecule has 0 heterocycles. The highest BCUT2D eigenvalue weighted by atomic mass is 16.4. The number of rotatable bonds is 4. The maximum Gasteiger partial charge on any atom is 0.335 e. The number of carboxylic acid groups (broad SMARTS) is 1. The summed E-state index contributed by atoms with van der Waals surface area (Å²) in [6, 6.07) is 8.04. The lowest BCUT2D eigenvalue weighted by Crippen LogP contribution is -2.17. The quantitative estimate of drug-likeness (QED) is 0.599. The molecule has 2 rings (SSSR count). The molecule has 0 aromatic heterocycles. The predicted molar refractivity (Wildman–Crippen MR) is 121 cm³/mol. The zero-order chi connectivity index (χ0) is 22.3. The highest BCUT2D eigenvalue weighted by Crippen LogP contribution is 2.37. The van der Waals surface area contributed by atoms with Crippen LogP contribution in [0.15, 0.2) is 30.8 Å². The van der Waals surface area contributed by atoms with Gasteiger partial charge < -0.3 is 10.2 Å². The van der Waals surface area contributed by atoms with E-state index in [9.17, 15) is 15.0 Å². The van der Waals surface area contributed by atoms with Crippen LogP contribution in [0.4, 0.5) is 0 Å². The minimum absolute atomic E-state index is 0.0972. The average Bonchev–Trinajstić information content (AvgIpc) is 2.56. The summed E-state index contributed by atoms with van der Waals surface area (Å²) in [6.07, 6.45) is 0.534. The molecule has 0 radical (unpaired) electrons. The molecule has 0 unspecified atom stereocenters. The molecule has 29 heavy (non-hydrogen) atoms. The first-order chi connectivity index (χ1) is 13.1. The van der Waals surface area contributed by atoms with Crippen LogP contribution in [0.5, 0.6) is 5.75 Å². The molecule has 3 heteroatoms. The Morgan fingerprint density at radius 1 is 0.897 bits per heavy atom. The van der Waals surface area contributed by atoms with Crippen LogP contribution in [0.2, 0.25) is 0 Å². The van der Waals surface area contributed by atoms with Gasteiger partial charge in [0.15, 0.2) is 0 Å². The Balaban J connectivity index is 2.66. The molecule has 0 aliphatic heterocycles. The van der Waals surface area contributed by atoms with Crippen molar-refractivity contribution in [2.45, 2.75) is 72.6 Å². The number of hydrogen-bond acceptors (Lipinski definition) is 2. The average molecular weight is 395 g/mol. The minimum Gasteiger partial charge on any atom is -0.507 e. The fraction of sp³-hybridized carbons (Fsp3) is 0.423. The van der Waals surface area contributed by atoms with Gasteiger partial charge in [-0.3, -0.25) is 0 Å². The van der Waals surface area contributed by atoms with Crippen molar-refractivity contribution in [1.29, 1.82) is 0 Å². The van der Waals surface area contributed by atoms with Gasteiger partial charge in [-0.2, -0.15) is 0 Å². The summed E-state index contributed by atoms with van der Waals surface area (Å²) in [5, 5.41) is 20.5. The highest BCUT2D eigenvalue weighted by molar-refractivity contribution is 6.15. The fourth-order valence-electron chi connectivity index (χ4n) is 3.69. The molecular formula is C26H34O3. The zero-order valence-corrected chi connectivity index (χ0v) is 19.0. The van der Waals surface area contributed by atoms with Crippen LogP contribution in [0.25, 0.3) is 5.57 Å². The van der Waals surface area contributed by atoms with Gasteiger partial charge in [-0.15, -0.1) is 0 Å². The van der Waals surface area contributed by atoms with Crippen molar-refractivity contribution >= 4 is 11.5 Å². The summed E-state index contributed by atoms with van der Waals surface area (Å²) in [4.78, 5) is 11.6. The van der Waals surface area contributed by atoms with Gasteiger partial charge in [-0.05, 0) is 58.1 Å². The molecule has 0 fully saturated rings. The van der Waals surface area contributed by atoms with Crippen LogP contribution < -0.4 is 0 Å². The van der Waals surface area contributed by atoms with Crippen LogP contribution >= 0.6 is 0 Å². The number of phenolic OH excluding ortho intramolecular Hbond substituents is 1. The molecule has 2 N–H and O–H groups in total. The van der Waals surface area contributed by atoms with Crippen molar-refractivity contribution in [3.8, 4) is 5.75 Å². The van der Waals surface area contributed by atoms with Crippen molar-refractivity contribution in [3.63, 3.8) is 0 Å². The normalized spacial score (nSPS) is 12.1. The van der Waals surface area contributed by atoms with E-state index in [1.807, 2.05) is 32.0 Å². The van der Waals surface area contributed by atoms with Gasteiger partial charge in [0.2, 0.25) is 0 Å². The molecule has 0 aliphatic carbocycles. The van der Waals surface area contributed by atoms with Gasteiger partial charge in [-0.25, -0.2) is 4.79 Å². The Kier molecular flexibility index (Phi) is 6.04. The molecule has 0 atom stereocenters. The van der Waals surface area contributed by atoms with E-state index in [-0.39, 0.29) is 16.4 Å². The van der Waals surface area contributed by atoms with E-state index in [0.29, 0.717) is 17.7 Å². The molecule has 2 aromatic carbocycles. The highest BCUT2D eigenvalue weighted by Gasteiger charge is 2.25. The van der Waals surface area contributed by atoms with Gasteiger partial charge in [0.1, 0.15) is 5.75 Å². The Morgan fingerprint density at radius 3 is 1.93 bits per heavy atom. The third-order valence-electron chi connectivity index (χ3n) is 5.39. The van der Waals surface area contributed by atoms with Crippen molar-refractivity contribution in [2.24, 2.45) is 0 Å². The lowest BCUT2D eigenvalue weighted by molar-refractivity contribution is -0.130. The van der Waals surface area contributed by atoms with Crippen LogP contribution in [0, 0.1) is 13.8 Å². The van der Waals surface area contributed by atoms with Crippen molar-refractivity contribution < 1.29 is 15.0 Å². The fourth-order valence-corrected chi connectivity index (χ4v) is 3.69. The molecule has 2 aromatic rings. The summed E-state index contributed by atoms with van der Waals surface area (Å²) in [7, 11) is 0. The third-order valence-corrected chi connectivity index (χ3v) is 5.39. The number of phenols is 1. The second-order valence-corrected chi connectivity index (χ2v) is 10.1. The summed E-state index contributed by atoms with van der Waals surface area (Å²) in [6.45, 7) is 20.4. The number of aliphatic carboxylic acids is 1. The first kappa shape index (κ1) is 22.7. The van der Waals surface area contributed by atoms with E-state index in [2.05, 4.69) is 54.2 Å². The Labute approximate surface area is 175 Å². The van der Waals surface area contributed by atoms with Crippen LogP contribution in [-0.4, -0.2) is 16.2 Å². The lowest BCUT2D eigenvalue weighted by atomic mass is 9.79. The predicted octanol–water partition coefficient (Wildman–Crippen LogP) is 6.29. The second-order valence-electron chi connectivity index (χ2n) is 10.1. The number of aromatic hydroxyl groups is 1. The molecule has 0 saturated carbocycles. The lowest BCUT2D eigenvalue weighted by Gasteiger charge is -2.26. The van der Waals surface area contributed by atoms with E-state index < -0.39 is 5.97 Å². The largest absolute Gasteiger partial charge is 0.507 e. The topological polar surface area (TPSA) is 57.5 Å². The van der Waals surface area contributed by atoms with Crippen LogP contribution in [0.3, 0.4) is 0 Å². The Bertz CT molecular complexity index is 967. The molecule has 0 amide bonds. The summed E-state index contributed by atoms with van der Waals surface area (Å²) in [5.74, 6) is -0.695. The van der Waals surface area contributed by atoms with E-state index in [4.69, 9.17) is 0 Å². The first-order valence-electron chi connectivity index (χ1n) is 10.0. The first-order valence-corrected chi connectivity index (χ1v) is 10.0. The van der Waals surface area contributed by atoms with E-state index in [1.165, 1.54) is 0 Å². The van der Waals surface area contributed by atoms with E-state index in [1.54, 1.807) is 0 Å². The zero-order valence-electron chi connectivity index (χ0n) is 19.0. The molecular weight excluding hydrogens is 360 g/mol. The SMILES string of the molecule is C=C(C(=O)O)c1cc(Cc2cc(C)cc(C(C)(C)C)c2O)c(C)cc1C(C)(C)C. The summed E-state index contributed by atoms with van der Waals surface area (Å²) in [5.41, 5.74) is 6.30.